The summed E-state index contributed by atoms with van der Waals surface area (Å²) in [7, 11) is 0. The standard InChI is InChI=1S/C12H15FO3/c1-9(2)15-6-7-16-12-5-3-4-11(13)10(12)8-14/h3-5,8-9H,6-7H2,1-2H3. The Balaban J connectivity index is 2.53. The third-order valence-electron chi connectivity index (χ3n) is 1.92. The molecule has 1 aromatic rings. The van der Waals surface area contributed by atoms with Gasteiger partial charge < -0.3 is 9.47 Å². The normalized spacial score (nSPS) is 10.5. The van der Waals surface area contributed by atoms with Crippen molar-refractivity contribution in [3.63, 3.8) is 0 Å². The van der Waals surface area contributed by atoms with E-state index in [1.54, 1.807) is 6.07 Å². The average molecular weight is 226 g/mol. The van der Waals surface area contributed by atoms with Gasteiger partial charge in [-0.2, -0.15) is 0 Å². The van der Waals surface area contributed by atoms with Crippen molar-refractivity contribution < 1.29 is 18.7 Å². The third kappa shape index (κ3) is 3.62. The fraction of sp³-hybridized carbons (Fsp3) is 0.417. The van der Waals surface area contributed by atoms with Gasteiger partial charge in [-0.1, -0.05) is 6.07 Å². The van der Waals surface area contributed by atoms with Crippen LogP contribution in [-0.2, 0) is 4.74 Å². The molecule has 3 nitrogen and oxygen atoms in total. The summed E-state index contributed by atoms with van der Waals surface area (Å²) in [5, 5.41) is 0. The number of halogens is 1. The molecule has 0 heterocycles. The molecule has 0 fully saturated rings. The van der Waals surface area contributed by atoms with Crippen molar-refractivity contribution >= 4 is 6.29 Å². The van der Waals surface area contributed by atoms with Gasteiger partial charge in [0, 0.05) is 0 Å². The molecular weight excluding hydrogens is 211 g/mol. The smallest absolute Gasteiger partial charge is 0.156 e. The summed E-state index contributed by atoms with van der Waals surface area (Å²) < 4.78 is 23.7. The monoisotopic (exact) mass is 226 g/mol. The molecule has 1 rings (SSSR count). The van der Waals surface area contributed by atoms with E-state index in [1.807, 2.05) is 13.8 Å². The molecule has 0 bridgehead atoms. The van der Waals surface area contributed by atoms with E-state index < -0.39 is 5.82 Å². The van der Waals surface area contributed by atoms with Crippen molar-refractivity contribution in [3.05, 3.63) is 29.6 Å². The van der Waals surface area contributed by atoms with Crippen molar-refractivity contribution in [1.82, 2.24) is 0 Å². The Morgan fingerprint density at radius 3 is 2.75 bits per heavy atom. The van der Waals surface area contributed by atoms with Gasteiger partial charge in [-0.15, -0.1) is 0 Å². The van der Waals surface area contributed by atoms with E-state index in [-0.39, 0.29) is 17.4 Å². The molecule has 0 saturated carbocycles. The minimum atomic E-state index is -0.572. The highest BCUT2D eigenvalue weighted by molar-refractivity contribution is 5.79. The third-order valence-corrected chi connectivity index (χ3v) is 1.92. The average Bonchev–Trinajstić information content (AvgIpc) is 2.24. The van der Waals surface area contributed by atoms with Crippen LogP contribution in [0.1, 0.15) is 24.2 Å². The maximum absolute atomic E-state index is 13.1. The van der Waals surface area contributed by atoms with Gasteiger partial charge in [0.15, 0.2) is 6.29 Å². The number of ether oxygens (including phenoxy) is 2. The van der Waals surface area contributed by atoms with Crippen molar-refractivity contribution in [3.8, 4) is 5.75 Å². The Kier molecular flexibility index (Phi) is 4.92. The number of aldehydes is 1. The summed E-state index contributed by atoms with van der Waals surface area (Å²) in [5.41, 5.74) is -0.0490. The molecule has 0 unspecified atom stereocenters. The molecule has 0 amide bonds. The van der Waals surface area contributed by atoms with Crippen LogP contribution in [0.5, 0.6) is 5.75 Å². The first-order valence-electron chi connectivity index (χ1n) is 5.13. The molecular formula is C12H15FO3. The summed E-state index contributed by atoms with van der Waals surface area (Å²) in [6.45, 7) is 4.53. The van der Waals surface area contributed by atoms with Crippen LogP contribution in [0.25, 0.3) is 0 Å². The van der Waals surface area contributed by atoms with E-state index in [9.17, 15) is 9.18 Å². The maximum atomic E-state index is 13.1. The van der Waals surface area contributed by atoms with Gasteiger partial charge in [0.25, 0.3) is 0 Å². The summed E-state index contributed by atoms with van der Waals surface area (Å²) >= 11 is 0. The zero-order valence-corrected chi connectivity index (χ0v) is 9.40. The lowest BCUT2D eigenvalue weighted by Crippen LogP contribution is -2.12. The molecule has 1 aromatic carbocycles. The van der Waals surface area contributed by atoms with Gasteiger partial charge in [0.2, 0.25) is 0 Å². The predicted molar refractivity (Wildman–Crippen MR) is 58.4 cm³/mol. The molecule has 0 saturated heterocycles. The highest BCUT2D eigenvalue weighted by Crippen LogP contribution is 2.19. The van der Waals surface area contributed by atoms with E-state index in [1.165, 1.54) is 12.1 Å². The van der Waals surface area contributed by atoms with Crippen LogP contribution in [0.4, 0.5) is 4.39 Å². The molecule has 4 heteroatoms. The van der Waals surface area contributed by atoms with Crippen molar-refractivity contribution in [2.45, 2.75) is 20.0 Å². The molecule has 0 aliphatic carbocycles. The lowest BCUT2D eigenvalue weighted by atomic mass is 10.2. The largest absolute Gasteiger partial charge is 0.490 e. The number of benzene rings is 1. The fourth-order valence-corrected chi connectivity index (χ4v) is 1.19. The topological polar surface area (TPSA) is 35.5 Å². The minimum Gasteiger partial charge on any atom is -0.490 e. The van der Waals surface area contributed by atoms with Crippen LogP contribution < -0.4 is 4.74 Å². The summed E-state index contributed by atoms with van der Waals surface area (Å²) in [6.07, 6.45) is 0.579. The first kappa shape index (κ1) is 12.6. The molecule has 0 aromatic heterocycles. The number of carbonyl (C=O) groups excluding carboxylic acids is 1. The second-order valence-corrected chi connectivity index (χ2v) is 3.54. The molecule has 0 aliphatic heterocycles. The van der Waals surface area contributed by atoms with Gasteiger partial charge >= 0.3 is 0 Å². The predicted octanol–water partition coefficient (Wildman–Crippen LogP) is 2.44. The summed E-state index contributed by atoms with van der Waals surface area (Å²) in [6, 6.07) is 4.28. The molecule has 0 radical (unpaired) electrons. The Hall–Kier alpha value is -1.42. The minimum absolute atomic E-state index is 0.0490. The Morgan fingerprint density at radius 2 is 2.12 bits per heavy atom. The van der Waals surface area contributed by atoms with Crippen molar-refractivity contribution in [2.24, 2.45) is 0 Å². The Labute approximate surface area is 94.2 Å². The molecule has 0 aliphatic rings. The van der Waals surface area contributed by atoms with E-state index >= 15 is 0 Å². The van der Waals surface area contributed by atoms with Crippen molar-refractivity contribution in [2.75, 3.05) is 13.2 Å². The first-order chi connectivity index (χ1) is 7.65. The van der Waals surface area contributed by atoms with Crippen LogP contribution in [-0.4, -0.2) is 25.6 Å². The van der Waals surface area contributed by atoms with Gasteiger partial charge in [-0.25, -0.2) is 4.39 Å². The van der Waals surface area contributed by atoms with E-state index in [0.29, 0.717) is 19.5 Å². The number of hydrogen-bond acceptors (Lipinski definition) is 3. The number of hydrogen-bond donors (Lipinski definition) is 0. The molecule has 0 N–H and O–H groups in total. The Morgan fingerprint density at radius 1 is 1.38 bits per heavy atom. The van der Waals surface area contributed by atoms with Crippen LogP contribution in [0.3, 0.4) is 0 Å². The van der Waals surface area contributed by atoms with Crippen LogP contribution in [0.2, 0.25) is 0 Å². The summed E-state index contributed by atoms with van der Waals surface area (Å²) in [4.78, 5) is 10.6. The maximum Gasteiger partial charge on any atom is 0.156 e. The lowest BCUT2D eigenvalue weighted by Gasteiger charge is -2.10. The van der Waals surface area contributed by atoms with E-state index in [4.69, 9.17) is 9.47 Å². The molecule has 88 valence electrons. The van der Waals surface area contributed by atoms with Crippen LogP contribution in [0, 0.1) is 5.82 Å². The SMILES string of the molecule is CC(C)OCCOc1cccc(F)c1C=O. The number of rotatable bonds is 6. The van der Waals surface area contributed by atoms with Gasteiger partial charge in [-0.05, 0) is 26.0 Å². The molecule has 0 atom stereocenters. The van der Waals surface area contributed by atoms with Crippen LogP contribution >= 0.6 is 0 Å². The van der Waals surface area contributed by atoms with Gasteiger partial charge in [0.1, 0.15) is 18.2 Å². The molecule has 16 heavy (non-hydrogen) atoms. The first-order valence-corrected chi connectivity index (χ1v) is 5.13. The zero-order chi connectivity index (χ0) is 12.0. The van der Waals surface area contributed by atoms with E-state index in [2.05, 4.69) is 0 Å². The highest BCUT2D eigenvalue weighted by atomic mass is 19.1. The fourth-order valence-electron chi connectivity index (χ4n) is 1.19. The zero-order valence-electron chi connectivity index (χ0n) is 9.40. The summed E-state index contributed by atoms with van der Waals surface area (Å²) in [5.74, 6) is -0.320. The quantitative estimate of drug-likeness (QED) is 0.552. The van der Waals surface area contributed by atoms with Gasteiger partial charge in [-0.3, -0.25) is 4.79 Å². The lowest BCUT2D eigenvalue weighted by molar-refractivity contribution is 0.0549. The van der Waals surface area contributed by atoms with Crippen molar-refractivity contribution in [1.29, 1.82) is 0 Å². The molecule has 0 spiro atoms. The Bertz CT molecular complexity index is 350. The van der Waals surface area contributed by atoms with E-state index in [0.717, 1.165) is 0 Å². The van der Waals surface area contributed by atoms with Crippen LogP contribution in [0.15, 0.2) is 18.2 Å². The second kappa shape index (κ2) is 6.23. The second-order valence-electron chi connectivity index (χ2n) is 3.54. The highest BCUT2D eigenvalue weighted by Gasteiger charge is 2.08. The van der Waals surface area contributed by atoms with Gasteiger partial charge in [0.05, 0.1) is 18.3 Å². The number of carbonyl (C=O) groups is 1.